The van der Waals surface area contributed by atoms with E-state index < -0.39 is 0 Å². The van der Waals surface area contributed by atoms with Gasteiger partial charge in [0.2, 0.25) is 0 Å². The predicted molar refractivity (Wildman–Crippen MR) is 95.3 cm³/mol. The summed E-state index contributed by atoms with van der Waals surface area (Å²) < 4.78 is 0. The molecule has 22 heavy (non-hydrogen) atoms. The average Bonchev–Trinajstić information content (AvgIpc) is 2.42. The maximum atomic E-state index is 11.8. The fraction of sp³-hybridized carbons (Fsp3) is 0.941. The third-order valence-electron chi connectivity index (χ3n) is 3.83. The van der Waals surface area contributed by atoms with Crippen molar-refractivity contribution in [3.63, 3.8) is 0 Å². The van der Waals surface area contributed by atoms with Gasteiger partial charge in [-0.15, -0.1) is 0 Å². The molecule has 5 nitrogen and oxygen atoms in total. The van der Waals surface area contributed by atoms with Gasteiger partial charge in [0.05, 0.1) is 0 Å². The molecule has 132 valence electrons. The second kappa shape index (κ2) is 12.7. The Hall–Kier alpha value is -0.810. The summed E-state index contributed by atoms with van der Waals surface area (Å²) in [6.45, 7) is 8.13. The Morgan fingerprint density at radius 1 is 0.818 bits per heavy atom. The third kappa shape index (κ3) is 14.1. The zero-order valence-electron chi connectivity index (χ0n) is 15.6. The largest absolute Gasteiger partial charge is 0.338 e. The highest BCUT2D eigenvalue weighted by Crippen LogP contribution is 2.05. The first kappa shape index (κ1) is 21.2. The van der Waals surface area contributed by atoms with Gasteiger partial charge >= 0.3 is 6.03 Å². The first-order valence-electron chi connectivity index (χ1n) is 8.62. The van der Waals surface area contributed by atoms with E-state index in [2.05, 4.69) is 62.5 Å². The average molecular weight is 315 g/mol. The molecule has 0 bridgehead atoms. The molecule has 2 amide bonds. The van der Waals surface area contributed by atoms with Crippen LogP contribution in [0.15, 0.2) is 0 Å². The van der Waals surface area contributed by atoms with Gasteiger partial charge in [0.15, 0.2) is 0 Å². The summed E-state index contributed by atoms with van der Waals surface area (Å²) in [5.41, 5.74) is 0. The fourth-order valence-corrected chi connectivity index (χ4v) is 2.31. The summed E-state index contributed by atoms with van der Waals surface area (Å²) >= 11 is 0. The minimum atomic E-state index is -0.0288. The molecule has 2 atom stereocenters. The number of hydrogen-bond donors (Lipinski definition) is 2. The van der Waals surface area contributed by atoms with Gasteiger partial charge in [0.1, 0.15) is 0 Å². The molecule has 0 saturated carbocycles. The van der Waals surface area contributed by atoms with E-state index >= 15 is 0 Å². The van der Waals surface area contributed by atoms with Crippen LogP contribution in [-0.4, -0.2) is 70.2 Å². The van der Waals surface area contributed by atoms with Crippen molar-refractivity contribution in [2.24, 2.45) is 11.8 Å². The number of carbonyl (C=O) groups excluding carboxylic acids is 1. The minimum absolute atomic E-state index is 0.0288. The molecule has 0 spiro atoms. The molecule has 0 aromatic rings. The van der Waals surface area contributed by atoms with Crippen molar-refractivity contribution in [1.82, 2.24) is 20.4 Å². The van der Waals surface area contributed by atoms with Crippen LogP contribution in [0.5, 0.6) is 0 Å². The molecule has 0 aromatic heterocycles. The van der Waals surface area contributed by atoms with Crippen LogP contribution in [0.25, 0.3) is 0 Å². The van der Waals surface area contributed by atoms with Crippen molar-refractivity contribution >= 4 is 6.03 Å². The Morgan fingerprint density at radius 3 is 1.50 bits per heavy atom. The van der Waals surface area contributed by atoms with Crippen LogP contribution in [-0.2, 0) is 0 Å². The molecule has 2 unspecified atom stereocenters. The predicted octanol–water partition coefficient (Wildman–Crippen LogP) is 2.24. The van der Waals surface area contributed by atoms with Crippen LogP contribution in [0, 0.1) is 11.8 Å². The lowest BCUT2D eigenvalue weighted by molar-refractivity contribution is 0.236. The van der Waals surface area contributed by atoms with Gasteiger partial charge in [-0.1, -0.05) is 13.8 Å². The second-order valence-corrected chi connectivity index (χ2v) is 7.19. The molecule has 0 aliphatic heterocycles. The van der Waals surface area contributed by atoms with Crippen molar-refractivity contribution in [2.45, 2.75) is 39.5 Å². The van der Waals surface area contributed by atoms with E-state index in [-0.39, 0.29) is 6.03 Å². The summed E-state index contributed by atoms with van der Waals surface area (Å²) in [7, 11) is 8.37. The summed E-state index contributed by atoms with van der Waals surface area (Å²) in [6.07, 6.45) is 4.67. The van der Waals surface area contributed by atoms with Gasteiger partial charge in [-0.3, -0.25) is 0 Å². The number of rotatable bonds is 12. The summed E-state index contributed by atoms with van der Waals surface area (Å²) in [5, 5.41) is 5.96. The SMILES string of the molecule is CC(CCCN(C)C)CNC(=O)NCC(C)CCCN(C)C. The lowest BCUT2D eigenvalue weighted by atomic mass is 10.1. The first-order valence-corrected chi connectivity index (χ1v) is 8.62. The lowest BCUT2D eigenvalue weighted by Crippen LogP contribution is -2.39. The molecule has 0 fully saturated rings. The van der Waals surface area contributed by atoms with Crippen LogP contribution in [0.1, 0.15) is 39.5 Å². The molecule has 0 rings (SSSR count). The smallest absolute Gasteiger partial charge is 0.314 e. The standard InChI is InChI=1S/C17H38N4O/c1-15(9-7-11-20(3)4)13-18-17(22)19-14-16(2)10-8-12-21(5)6/h15-16H,7-14H2,1-6H3,(H2,18,19,22). The summed E-state index contributed by atoms with van der Waals surface area (Å²) in [4.78, 5) is 16.2. The molecule has 5 heteroatoms. The Morgan fingerprint density at radius 2 is 1.18 bits per heavy atom. The monoisotopic (exact) mass is 314 g/mol. The van der Waals surface area contributed by atoms with Gasteiger partial charge in [-0.2, -0.15) is 0 Å². The van der Waals surface area contributed by atoms with Gasteiger partial charge in [-0.05, 0) is 78.8 Å². The van der Waals surface area contributed by atoms with Gasteiger partial charge < -0.3 is 20.4 Å². The van der Waals surface area contributed by atoms with E-state index in [0.29, 0.717) is 11.8 Å². The van der Waals surface area contributed by atoms with Gasteiger partial charge in [-0.25, -0.2) is 4.79 Å². The summed E-state index contributed by atoms with van der Waals surface area (Å²) in [5.74, 6) is 1.06. The molecule has 2 N–H and O–H groups in total. The second-order valence-electron chi connectivity index (χ2n) is 7.19. The Kier molecular flexibility index (Phi) is 12.2. The molecule has 0 aliphatic rings. The van der Waals surface area contributed by atoms with Crippen LogP contribution in [0.3, 0.4) is 0 Å². The van der Waals surface area contributed by atoms with E-state index in [1.807, 2.05) is 0 Å². The minimum Gasteiger partial charge on any atom is -0.338 e. The van der Waals surface area contributed by atoms with Gasteiger partial charge in [0.25, 0.3) is 0 Å². The number of amides is 2. The van der Waals surface area contributed by atoms with E-state index in [9.17, 15) is 4.79 Å². The molecule has 0 radical (unpaired) electrons. The zero-order valence-corrected chi connectivity index (χ0v) is 15.6. The zero-order chi connectivity index (χ0) is 17.0. The van der Waals surface area contributed by atoms with Gasteiger partial charge in [0, 0.05) is 13.1 Å². The molecule has 0 heterocycles. The molecular formula is C17H38N4O. The number of carbonyl (C=O) groups is 1. The third-order valence-corrected chi connectivity index (χ3v) is 3.83. The fourth-order valence-electron chi connectivity index (χ4n) is 2.31. The van der Waals surface area contributed by atoms with Crippen molar-refractivity contribution in [1.29, 1.82) is 0 Å². The number of urea groups is 1. The van der Waals surface area contributed by atoms with E-state index in [4.69, 9.17) is 0 Å². The normalized spacial score (nSPS) is 14.2. The molecule has 0 saturated heterocycles. The van der Waals surface area contributed by atoms with Crippen molar-refractivity contribution < 1.29 is 4.79 Å². The van der Waals surface area contributed by atoms with Crippen molar-refractivity contribution in [3.05, 3.63) is 0 Å². The van der Waals surface area contributed by atoms with E-state index in [1.54, 1.807) is 0 Å². The first-order chi connectivity index (χ1) is 10.3. The highest BCUT2D eigenvalue weighted by molar-refractivity contribution is 5.73. The molecule has 0 aromatic carbocycles. The Bertz CT molecular complexity index is 256. The molecule has 0 aliphatic carbocycles. The van der Waals surface area contributed by atoms with Crippen molar-refractivity contribution in [3.8, 4) is 0 Å². The highest BCUT2D eigenvalue weighted by Gasteiger charge is 2.08. The van der Waals surface area contributed by atoms with Crippen LogP contribution >= 0.6 is 0 Å². The maximum Gasteiger partial charge on any atom is 0.314 e. The lowest BCUT2D eigenvalue weighted by Gasteiger charge is -2.17. The van der Waals surface area contributed by atoms with E-state index in [1.165, 1.54) is 12.8 Å². The van der Waals surface area contributed by atoms with Crippen molar-refractivity contribution in [2.75, 3.05) is 54.4 Å². The topological polar surface area (TPSA) is 47.6 Å². The van der Waals surface area contributed by atoms with Crippen LogP contribution in [0.4, 0.5) is 4.79 Å². The number of nitrogens with one attached hydrogen (secondary N) is 2. The number of nitrogens with zero attached hydrogens (tertiary/aromatic N) is 2. The van der Waals surface area contributed by atoms with Crippen LogP contribution < -0.4 is 10.6 Å². The Balaban J connectivity index is 3.59. The number of hydrogen-bond acceptors (Lipinski definition) is 3. The van der Waals surface area contributed by atoms with E-state index in [0.717, 1.165) is 39.0 Å². The quantitative estimate of drug-likeness (QED) is 0.581. The Labute approximate surface area is 137 Å². The highest BCUT2D eigenvalue weighted by atomic mass is 16.2. The molecular weight excluding hydrogens is 276 g/mol. The maximum absolute atomic E-state index is 11.8. The van der Waals surface area contributed by atoms with Crippen LogP contribution in [0.2, 0.25) is 0 Å². The summed E-state index contributed by atoms with van der Waals surface area (Å²) in [6, 6.07) is -0.0288.